The average molecular weight is 233 g/mol. The van der Waals surface area contributed by atoms with Crippen molar-refractivity contribution in [3.05, 3.63) is 29.8 Å². The zero-order chi connectivity index (χ0) is 12.4. The third-order valence-corrected chi connectivity index (χ3v) is 3.47. The number of rotatable bonds is 2. The second-order valence-electron chi connectivity index (χ2n) is 4.59. The lowest BCUT2D eigenvalue weighted by atomic mass is 9.79. The van der Waals surface area contributed by atoms with Gasteiger partial charge < -0.3 is 10.1 Å². The fourth-order valence-electron chi connectivity index (χ4n) is 2.63. The van der Waals surface area contributed by atoms with Crippen LogP contribution in [0.15, 0.2) is 24.3 Å². The predicted molar refractivity (Wildman–Crippen MR) is 68.1 cm³/mol. The molecule has 0 aliphatic carbocycles. The molecule has 3 nitrogen and oxygen atoms in total. The molecule has 0 radical (unpaired) electrons. The number of esters is 1. The Balaban J connectivity index is 2.30. The van der Waals surface area contributed by atoms with E-state index in [1.165, 1.54) is 5.56 Å². The van der Waals surface area contributed by atoms with Gasteiger partial charge in [0.15, 0.2) is 0 Å². The fourth-order valence-corrected chi connectivity index (χ4v) is 2.63. The van der Waals surface area contributed by atoms with E-state index in [2.05, 4.69) is 24.4 Å². The number of ether oxygens (including phenoxy) is 1. The van der Waals surface area contributed by atoms with E-state index >= 15 is 0 Å². The Labute approximate surface area is 102 Å². The average Bonchev–Trinajstić information content (AvgIpc) is 2.29. The molecule has 92 valence electrons. The minimum absolute atomic E-state index is 0.102. The zero-order valence-corrected chi connectivity index (χ0v) is 10.6. The third kappa shape index (κ3) is 2.14. The summed E-state index contributed by atoms with van der Waals surface area (Å²) in [6, 6.07) is 8.26. The number of fused-ring (bicyclic) bond motifs is 1. The van der Waals surface area contributed by atoms with Gasteiger partial charge in [0.25, 0.3) is 0 Å². The Morgan fingerprint density at radius 3 is 2.76 bits per heavy atom. The highest BCUT2D eigenvalue weighted by atomic mass is 16.5. The van der Waals surface area contributed by atoms with Gasteiger partial charge in [-0.05, 0) is 31.4 Å². The second-order valence-corrected chi connectivity index (χ2v) is 4.59. The molecule has 1 N–H and O–H groups in total. The van der Waals surface area contributed by atoms with Crippen molar-refractivity contribution >= 4 is 11.7 Å². The van der Waals surface area contributed by atoms with Crippen molar-refractivity contribution in [3.63, 3.8) is 0 Å². The van der Waals surface area contributed by atoms with Crippen LogP contribution in [-0.2, 0) is 9.53 Å². The van der Waals surface area contributed by atoms with Gasteiger partial charge in [0.05, 0.1) is 12.5 Å². The Morgan fingerprint density at radius 2 is 2.06 bits per heavy atom. The summed E-state index contributed by atoms with van der Waals surface area (Å²) in [6.45, 7) is 6.42. The molecule has 3 heteroatoms. The first-order valence-electron chi connectivity index (χ1n) is 6.17. The predicted octanol–water partition coefficient (Wildman–Crippen LogP) is 2.78. The van der Waals surface area contributed by atoms with Crippen LogP contribution < -0.4 is 5.32 Å². The summed E-state index contributed by atoms with van der Waals surface area (Å²) in [7, 11) is 0. The standard InChI is InChI=1S/C14H19NO2/c1-4-17-14(16)13-9(2)11-7-5-6-8-12(11)15-10(13)3/h5-10,13,15H,4H2,1-3H3/t9-,10-,13+/m1/s1. The number of para-hydroxylation sites is 1. The van der Waals surface area contributed by atoms with Gasteiger partial charge in [-0.3, -0.25) is 4.79 Å². The van der Waals surface area contributed by atoms with E-state index in [9.17, 15) is 4.79 Å². The maximum absolute atomic E-state index is 12.0. The highest BCUT2D eigenvalue weighted by molar-refractivity contribution is 5.77. The molecule has 0 aromatic heterocycles. The molecule has 0 amide bonds. The highest BCUT2D eigenvalue weighted by Gasteiger charge is 2.37. The minimum atomic E-state index is -0.107. The first kappa shape index (κ1) is 12.0. The van der Waals surface area contributed by atoms with Crippen molar-refractivity contribution < 1.29 is 9.53 Å². The number of carbonyl (C=O) groups excluding carboxylic acids is 1. The maximum Gasteiger partial charge on any atom is 0.311 e. The Morgan fingerprint density at radius 1 is 1.35 bits per heavy atom. The van der Waals surface area contributed by atoms with Crippen LogP contribution in [0.1, 0.15) is 32.3 Å². The Kier molecular flexibility index (Phi) is 3.36. The van der Waals surface area contributed by atoms with Crippen LogP contribution in [0.5, 0.6) is 0 Å². The van der Waals surface area contributed by atoms with Crippen molar-refractivity contribution in [3.8, 4) is 0 Å². The Hall–Kier alpha value is -1.51. The fraction of sp³-hybridized carbons (Fsp3) is 0.500. The van der Waals surface area contributed by atoms with Crippen LogP contribution in [0, 0.1) is 5.92 Å². The molecular weight excluding hydrogens is 214 g/mol. The third-order valence-electron chi connectivity index (χ3n) is 3.47. The van der Waals surface area contributed by atoms with E-state index in [0.717, 1.165) is 5.69 Å². The van der Waals surface area contributed by atoms with Crippen molar-refractivity contribution in [2.45, 2.75) is 32.7 Å². The molecule has 1 aliphatic heterocycles. The lowest BCUT2D eigenvalue weighted by Gasteiger charge is -2.35. The highest BCUT2D eigenvalue weighted by Crippen LogP contribution is 2.38. The van der Waals surface area contributed by atoms with Crippen LogP contribution in [0.25, 0.3) is 0 Å². The van der Waals surface area contributed by atoms with Crippen molar-refractivity contribution in [1.82, 2.24) is 0 Å². The van der Waals surface area contributed by atoms with Gasteiger partial charge >= 0.3 is 5.97 Å². The lowest BCUT2D eigenvalue weighted by Crippen LogP contribution is -2.40. The van der Waals surface area contributed by atoms with Crippen LogP contribution in [0.2, 0.25) is 0 Å². The topological polar surface area (TPSA) is 38.3 Å². The molecule has 1 aromatic rings. The molecule has 0 spiro atoms. The normalized spacial score (nSPS) is 26.9. The number of anilines is 1. The number of hydrogen-bond donors (Lipinski definition) is 1. The summed E-state index contributed by atoms with van der Waals surface area (Å²) in [4.78, 5) is 12.0. The molecular formula is C14H19NO2. The molecule has 0 fully saturated rings. The van der Waals surface area contributed by atoms with E-state index in [1.54, 1.807) is 0 Å². The largest absolute Gasteiger partial charge is 0.466 e. The molecule has 3 atom stereocenters. The number of hydrogen-bond acceptors (Lipinski definition) is 3. The van der Waals surface area contributed by atoms with Gasteiger partial charge in [-0.1, -0.05) is 25.1 Å². The van der Waals surface area contributed by atoms with E-state index in [4.69, 9.17) is 4.74 Å². The molecule has 0 bridgehead atoms. The summed E-state index contributed by atoms with van der Waals surface area (Å²) in [5.74, 6) is -0.0131. The van der Waals surface area contributed by atoms with Gasteiger partial charge in [0.1, 0.15) is 0 Å². The molecule has 0 saturated carbocycles. The van der Waals surface area contributed by atoms with Crippen molar-refractivity contribution in [2.24, 2.45) is 5.92 Å². The molecule has 0 saturated heterocycles. The molecule has 1 heterocycles. The van der Waals surface area contributed by atoms with E-state index < -0.39 is 0 Å². The monoisotopic (exact) mass is 233 g/mol. The zero-order valence-electron chi connectivity index (χ0n) is 10.6. The molecule has 2 rings (SSSR count). The number of carbonyl (C=O) groups is 1. The summed E-state index contributed by atoms with van der Waals surface area (Å²) in [5, 5.41) is 3.38. The lowest BCUT2D eigenvalue weighted by molar-refractivity contribution is -0.149. The summed E-state index contributed by atoms with van der Waals surface area (Å²) < 4.78 is 5.16. The smallest absolute Gasteiger partial charge is 0.311 e. The molecule has 1 aliphatic rings. The van der Waals surface area contributed by atoms with E-state index in [0.29, 0.717) is 6.61 Å². The van der Waals surface area contributed by atoms with Crippen LogP contribution in [0.3, 0.4) is 0 Å². The maximum atomic E-state index is 12.0. The second kappa shape index (κ2) is 4.78. The van der Waals surface area contributed by atoms with Crippen molar-refractivity contribution in [2.75, 3.05) is 11.9 Å². The van der Waals surface area contributed by atoms with E-state index in [-0.39, 0.29) is 23.8 Å². The first-order chi connectivity index (χ1) is 8.15. The van der Waals surface area contributed by atoms with Crippen molar-refractivity contribution in [1.29, 1.82) is 0 Å². The van der Waals surface area contributed by atoms with Crippen LogP contribution in [0.4, 0.5) is 5.69 Å². The number of benzene rings is 1. The first-order valence-corrected chi connectivity index (χ1v) is 6.17. The quantitative estimate of drug-likeness (QED) is 0.798. The SMILES string of the molecule is CCOC(=O)[C@H]1[C@H](C)c2ccccc2N[C@@H]1C. The van der Waals surface area contributed by atoms with Gasteiger partial charge in [0, 0.05) is 11.7 Å². The molecule has 0 unspecified atom stereocenters. The van der Waals surface area contributed by atoms with E-state index in [1.807, 2.05) is 26.0 Å². The summed E-state index contributed by atoms with van der Waals surface area (Å²) >= 11 is 0. The van der Waals surface area contributed by atoms with Crippen LogP contribution in [-0.4, -0.2) is 18.6 Å². The molecule has 17 heavy (non-hydrogen) atoms. The van der Waals surface area contributed by atoms with Gasteiger partial charge in [-0.2, -0.15) is 0 Å². The van der Waals surface area contributed by atoms with Gasteiger partial charge in [0.2, 0.25) is 0 Å². The molecule has 1 aromatic carbocycles. The van der Waals surface area contributed by atoms with Gasteiger partial charge in [-0.25, -0.2) is 0 Å². The van der Waals surface area contributed by atoms with Crippen LogP contribution >= 0.6 is 0 Å². The van der Waals surface area contributed by atoms with Gasteiger partial charge in [-0.15, -0.1) is 0 Å². The Bertz CT molecular complexity index is 416. The minimum Gasteiger partial charge on any atom is -0.466 e. The number of nitrogens with one attached hydrogen (secondary N) is 1. The summed E-state index contributed by atoms with van der Waals surface area (Å²) in [5.41, 5.74) is 2.33. The summed E-state index contributed by atoms with van der Waals surface area (Å²) in [6.07, 6.45) is 0.